The number of hydrogen-bond acceptors (Lipinski definition) is 4. The Morgan fingerprint density at radius 2 is 2.00 bits per heavy atom. The van der Waals surface area contributed by atoms with Gasteiger partial charge >= 0.3 is 5.97 Å². The van der Waals surface area contributed by atoms with E-state index in [0.29, 0.717) is 13.1 Å². The van der Waals surface area contributed by atoms with Crippen LogP contribution in [0.1, 0.15) is 20.3 Å². The lowest BCUT2D eigenvalue weighted by Crippen LogP contribution is -1.88. The zero-order chi connectivity index (χ0) is 9.11. The van der Waals surface area contributed by atoms with Gasteiger partial charge in [0.25, 0.3) is 6.47 Å². The van der Waals surface area contributed by atoms with Crippen molar-refractivity contribution in [1.82, 2.24) is 0 Å². The minimum absolute atomic E-state index is 0.245. The van der Waals surface area contributed by atoms with Crippen LogP contribution in [-0.2, 0) is 19.1 Å². The van der Waals surface area contributed by atoms with E-state index in [2.05, 4.69) is 9.47 Å². The molecule has 0 aromatic carbocycles. The summed E-state index contributed by atoms with van der Waals surface area (Å²) in [6.07, 6.45) is 0.902. The van der Waals surface area contributed by atoms with Crippen molar-refractivity contribution in [2.24, 2.45) is 0 Å². The Kier molecular flexibility index (Phi) is 13.4. The molecule has 0 aliphatic rings. The quantitative estimate of drug-likeness (QED) is 0.349. The highest BCUT2D eigenvalue weighted by Crippen LogP contribution is 1.71. The van der Waals surface area contributed by atoms with Crippen molar-refractivity contribution in [3.63, 3.8) is 0 Å². The molecule has 0 amide bonds. The molecule has 0 aliphatic carbocycles. The number of carbonyl (C=O) groups excluding carboxylic acids is 2. The van der Waals surface area contributed by atoms with E-state index in [4.69, 9.17) is 0 Å². The van der Waals surface area contributed by atoms with Gasteiger partial charge in [-0.15, -0.1) is 0 Å². The van der Waals surface area contributed by atoms with Crippen LogP contribution in [-0.4, -0.2) is 26.2 Å². The number of esters is 1. The number of rotatable bonds is 3. The van der Waals surface area contributed by atoms with E-state index in [0.717, 1.165) is 6.42 Å². The highest BCUT2D eigenvalue weighted by atomic mass is 16.5. The molecule has 0 fully saturated rings. The van der Waals surface area contributed by atoms with Gasteiger partial charge in [-0.2, -0.15) is 0 Å². The highest BCUT2D eigenvalue weighted by molar-refractivity contribution is 5.65. The molecule has 66 valence electrons. The maximum absolute atomic E-state index is 9.59. The van der Waals surface area contributed by atoms with Crippen molar-refractivity contribution in [3.05, 3.63) is 0 Å². The third-order valence-corrected chi connectivity index (χ3v) is 0.677. The molecule has 4 heteroatoms. The summed E-state index contributed by atoms with van der Waals surface area (Å²) in [7, 11) is 1.35. The summed E-state index contributed by atoms with van der Waals surface area (Å²) < 4.78 is 8.41. The zero-order valence-electron chi connectivity index (χ0n) is 7.12. The first kappa shape index (κ1) is 12.6. The van der Waals surface area contributed by atoms with Crippen molar-refractivity contribution in [2.75, 3.05) is 13.7 Å². The smallest absolute Gasteiger partial charge is 0.302 e. The van der Waals surface area contributed by atoms with Gasteiger partial charge in [0, 0.05) is 6.92 Å². The number of carbonyl (C=O) groups is 2. The second kappa shape index (κ2) is 11.7. The van der Waals surface area contributed by atoms with E-state index in [-0.39, 0.29) is 5.97 Å². The topological polar surface area (TPSA) is 52.6 Å². The van der Waals surface area contributed by atoms with Crippen LogP contribution in [0.15, 0.2) is 0 Å². The molecule has 0 radical (unpaired) electrons. The molecule has 0 bridgehead atoms. The molecule has 0 aliphatic heterocycles. The molecule has 0 unspecified atom stereocenters. The van der Waals surface area contributed by atoms with E-state index < -0.39 is 0 Å². The van der Waals surface area contributed by atoms with Gasteiger partial charge in [-0.05, 0) is 6.42 Å². The molecule has 4 nitrogen and oxygen atoms in total. The van der Waals surface area contributed by atoms with Crippen molar-refractivity contribution >= 4 is 12.4 Å². The van der Waals surface area contributed by atoms with Crippen LogP contribution in [0.4, 0.5) is 0 Å². The summed E-state index contributed by atoms with van der Waals surface area (Å²) >= 11 is 0. The molecule has 0 saturated heterocycles. The van der Waals surface area contributed by atoms with E-state index in [9.17, 15) is 9.59 Å². The Labute approximate surface area is 66.5 Å². The van der Waals surface area contributed by atoms with Crippen LogP contribution in [0.5, 0.6) is 0 Å². The van der Waals surface area contributed by atoms with Crippen molar-refractivity contribution < 1.29 is 19.1 Å². The second-order valence-electron chi connectivity index (χ2n) is 1.66. The van der Waals surface area contributed by atoms with Gasteiger partial charge in [0.05, 0.1) is 13.7 Å². The van der Waals surface area contributed by atoms with Gasteiger partial charge in [0.2, 0.25) is 0 Å². The van der Waals surface area contributed by atoms with E-state index in [1.165, 1.54) is 14.0 Å². The Morgan fingerprint density at radius 3 is 2.09 bits per heavy atom. The minimum atomic E-state index is -0.245. The first-order valence-electron chi connectivity index (χ1n) is 3.28. The predicted molar refractivity (Wildman–Crippen MR) is 40.0 cm³/mol. The van der Waals surface area contributed by atoms with Crippen LogP contribution in [0.2, 0.25) is 0 Å². The molecular formula is C7H14O4. The van der Waals surface area contributed by atoms with Crippen molar-refractivity contribution in [2.45, 2.75) is 20.3 Å². The second-order valence-corrected chi connectivity index (χ2v) is 1.66. The lowest BCUT2D eigenvalue weighted by Gasteiger charge is -1.86. The third-order valence-electron chi connectivity index (χ3n) is 0.677. The first-order chi connectivity index (χ1) is 5.18. The molecule has 0 heterocycles. The third kappa shape index (κ3) is 27.7. The van der Waals surface area contributed by atoms with Gasteiger partial charge in [0.15, 0.2) is 0 Å². The fourth-order valence-electron chi connectivity index (χ4n) is 0.166. The van der Waals surface area contributed by atoms with Crippen molar-refractivity contribution in [3.8, 4) is 0 Å². The summed E-state index contributed by atoms with van der Waals surface area (Å²) in [5.41, 5.74) is 0. The van der Waals surface area contributed by atoms with Crippen molar-refractivity contribution in [1.29, 1.82) is 0 Å². The van der Waals surface area contributed by atoms with E-state index >= 15 is 0 Å². The van der Waals surface area contributed by atoms with Gasteiger partial charge in [-0.3, -0.25) is 9.59 Å². The molecule has 0 atom stereocenters. The van der Waals surface area contributed by atoms with Crippen LogP contribution < -0.4 is 0 Å². The molecule has 0 aromatic rings. The maximum atomic E-state index is 9.59. The average Bonchev–Trinajstić information content (AvgIpc) is 2.02. The normalized spacial score (nSPS) is 7.18. The Balaban J connectivity index is 0. The Morgan fingerprint density at radius 1 is 1.55 bits per heavy atom. The summed E-state index contributed by atoms with van der Waals surface area (Å²) in [5, 5.41) is 0. The minimum Gasteiger partial charge on any atom is -0.469 e. The monoisotopic (exact) mass is 162 g/mol. The van der Waals surface area contributed by atoms with E-state index in [1.807, 2.05) is 6.92 Å². The van der Waals surface area contributed by atoms with Gasteiger partial charge in [-0.25, -0.2) is 0 Å². The van der Waals surface area contributed by atoms with Crippen LogP contribution in [0.3, 0.4) is 0 Å². The lowest BCUT2D eigenvalue weighted by molar-refractivity contribution is -0.138. The SMILES string of the molecule is CCCOC=O.COC(C)=O. The molecule has 0 saturated carbocycles. The summed E-state index contributed by atoms with van der Waals surface area (Å²) in [6, 6.07) is 0. The lowest BCUT2D eigenvalue weighted by atomic mass is 10.5. The number of hydrogen-bond donors (Lipinski definition) is 0. The zero-order valence-corrected chi connectivity index (χ0v) is 7.12. The standard InChI is InChI=1S/C4H8O2.C3H6O2/c1-2-3-6-4-5;1-3(4)5-2/h4H,2-3H2,1H3;1-2H3. The maximum Gasteiger partial charge on any atom is 0.302 e. The highest BCUT2D eigenvalue weighted by Gasteiger charge is 1.75. The summed E-state index contributed by atoms with van der Waals surface area (Å²) in [4.78, 5) is 18.9. The van der Waals surface area contributed by atoms with Gasteiger partial charge in [-0.1, -0.05) is 6.92 Å². The summed E-state index contributed by atoms with van der Waals surface area (Å²) in [6.45, 7) is 4.32. The van der Waals surface area contributed by atoms with Crippen LogP contribution in [0.25, 0.3) is 0 Å². The van der Waals surface area contributed by atoms with E-state index in [1.54, 1.807) is 0 Å². The fraction of sp³-hybridized carbons (Fsp3) is 0.714. The van der Waals surface area contributed by atoms with Gasteiger partial charge < -0.3 is 9.47 Å². The molecule has 0 aromatic heterocycles. The largest absolute Gasteiger partial charge is 0.469 e. The molecule has 0 N–H and O–H groups in total. The first-order valence-corrected chi connectivity index (χ1v) is 3.28. The average molecular weight is 162 g/mol. The number of methoxy groups -OCH3 is 1. The van der Waals surface area contributed by atoms with Crippen LogP contribution >= 0.6 is 0 Å². The molecule has 0 spiro atoms. The fourth-order valence-corrected chi connectivity index (χ4v) is 0.166. The van der Waals surface area contributed by atoms with Gasteiger partial charge in [0.1, 0.15) is 0 Å². The van der Waals surface area contributed by atoms with Crippen LogP contribution in [0, 0.1) is 0 Å². The number of ether oxygens (including phenoxy) is 2. The summed E-state index contributed by atoms with van der Waals surface area (Å²) in [5.74, 6) is -0.245. The molecule has 0 rings (SSSR count). The molecule has 11 heavy (non-hydrogen) atoms. The molecular weight excluding hydrogens is 148 g/mol. The predicted octanol–water partition coefficient (Wildman–Crippen LogP) is 0.749. The Bertz CT molecular complexity index is 101. The Hall–Kier alpha value is -1.06.